The number of benzene rings is 3. The van der Waals surface area contributed by atoms with Crippen molar-refractivity contribution in [3.63, 3.8) is 0 Å². The second kappa shape index (κ2) is 9.60. The molecule has 7 nitrogen and oxygen atoms in total. The Morgan fingerprint density at radius 2 is 1.61 bits per heavy atom. The van der Waals surface area contributed by atoms with Crippen molar-refractivity contribution < 1.29 is 33.9 Å². The predicted molar refractivity (Wildman–Crippen MR) is 122 cm³/mol. The molecule has 2 unspecified atom stereocenters. The van der Waals surface area contributed by atoms with Gasteiger partial charge in [-0.1, -0.05) is 36.4 Å². The van der Waals surface area contributed by atoms with Crippen LogP contribution in [0.25, 0.3) is 0 Å². The van der Waals surface area contributed by atoms with Crippen LogP contribution in [0.1, 0.15) is 22.8 Å². The van der Waals surface area contributed by atoms with Crippen molar-refractivity contribution in [2.75, 3.05) is 27.9 Å². The molecule has 2 atom stereocenters. The molecule has 1 aliphatic rings. The summed E-state index contributed by atoms with van der Waals surface area (Å²) in [5.41, 5.74) is 0.691. The van der Waals surface area contributed by atoms with E-state index in [9.17, 15) is 10.2 Å². The number of aliphatic hydroxyl groups excluding tert-OH is 1. The van der Waals surface area contributed by atoms with Crippen LogP contribution in [-0.2, 0) is 13.0 Å². The summed E-state index contributed by atoms with van der Waals surface area (Å²) in [5, 5.41) is 22.4. The molecule has 174 valence electrons. The van der Waals surface area contributed by atoms with Gasteiger partial charge in [0, 0.05) is 12.0 Å². The molecule has 3 aromatic carbocycles. The van der Waals surface area contributed by atoms with Crippen LogP contribution < -0.4 is 23.7 Å². The molecule has 0 bridgehead atoms. The minimum Gasteiger partial charge on any atom is -0.493 e. The monoisotopic (exact) mass is 452 g/mol. The van der Waals surface area contributed by atoms with Gasteiger partial charge < -0.3 is 33.9 Å². The number of hydrogen-bond acceptors (Lipinski definition) is 7. The van der Waals surface area contributed by atoms with Crippen LogP contribution in [-0.4, -0.2) is 43.8 Å². The van der Waals surface area contributed by atoms with Crippen LogP contribution >= 0.6 is 0 Å². The van der Waals surface area contributed by atoms with Crippen LogP contribution in [0.2, 0.25) is 0 Å². The fraction of sp³-hybridized carbons (Fsp3) is 0.308. The summed E-state index contributed by atoms with van der Waals surface area (Å²) in [4.78, 5) is 0. The SMILES string of the molecule is COc1ccc(CC2(O)COc3c(ccc(OCc4ccccc4)c3OC)C2O)cc1OC. The van der Waals surface area contributed by atoms with E-state index >= 15 is 0 Å². The summed E-state index contributed by atoms with van der Waals surface area (Å²) >= 11 is 0. The zero-order valence-electron chi connectivity index (χ0n) is 18.9. The summed E-state index contributed by atoms with van der Waals surface area (Å²) in [6.07, 6.45) is -1.03. The largest absolute Gasteiger partial charge is 0.493 e. The molecule has 0 spiro atoms. The second-order valence-electron chi connectivity index (χ2n) is 7.95. The van der Waals surface area contributed by atoms with E-state index < -0.39 is 11.7 Å². The Morgan fingerprint density at radius 3 is 2.30 bits per heavy atom. The summed E-state index contributed by atoms with van der Waals surface area (Å²) in [6, 6.07) is 18.6. The highest BCUT2D eigenvalue weighted by molar-refractivity contribution is 5.58. The molecule has 0 amide bonds. The highest BCUT2D eigenvalue weighted by Gasteiger charge is 2.44. The summed E-state index contributed by atoms with van der Waals surface area (Å²) in [5.74, 6) is 2.39. The lowest BCUT2D eigenvalue weighted by atomic mass is 9.83. The lowest BCUT2D eigenvalue weighted by molar-refractivity contribution is -0.115. The lowest BCUT2D eigenvalue weighted by Crippen LogP contribution is -2.47. The normalized spacial score (nSPS) is 19.2. The molecule has 1 heterocycles. The maximum Gasteiger partial charge on any atom is 0.203 e. The van der Waals surface area contributed by atoms with Gasteiger partial charge in [-0.2, -0.15) is 0 Å². The molecule has 3 aromatic rings. The number of hydrogen-bond donors (Lipinski definition) is 2. The molecule has 0 aliphatic carbocycles. The van der Waals surface area contributed by atoms with Gasteiger partial charge in [0.2, 0.25) is 5.75 Å². The molecule has 7 heteroatoms. The third-order valence-electron chi connectivity index (χ3n) is 5.78. The van der Waals surface area contributed by atoms with E-state index in [2.05, 4.69) is 0 Å². The van der Waals surface area contributed by atoms with Gasteiger partial charge in [0.05, 0.1) is 21.3 Å². The molecule has 0 saturated heterocycles. The Kier molecular flexibility index (Phi) is 6.62. The Hall–Kier alpha value is -3.42. The molecular weight excluding hydrogens is 424 g/mol. The lowest BCUT2D eigenvalue weighted by Gasteiger charge is -2.38. The molecule has 0 fully saturated rings. The van der Waals surface area contributed by atoms with Crippen LogP contribution in [0.3, 0.4) is 0 Å². The standard InChI is InChI=1S/C26H28O7/c1-29-20-11-9-18(13-22(20)30-2)14-26(28)16-33-23-19(25(26)27)10-12-21(24(23)31-3)32-15-17-7-5-4-6-8-17/h4-13,25,27-28H,14-16H2,1-3H3. The Bertz CT molecular complexity index is 1100. The van der Waals surface area contributed by atoms with Gasteiger partial charge in [-0.25, -0.2) is 0 Å². The maximum atomic E-state index is 11.3. The van der Waals surface area contributed by atoms with E-state index in [4.69, 9.17) is 23.7 Å². The van der Waals surface area contributed by atoms with Crippen LogP contribution in [0.5, 0.6) is 28.7 Å². The highest BCUT2D eigenvalue weighted by Crippen LogP contribution is 2.48. The fourth-order valence-electron chi connectivity index (χ4n) is 4.02. The van der Waals surface area contributed by atoms with Crippen molar-refractivity contribution in [2.45, 2.75) is 24.7 Å². The average molecular weight is 453 g/mol. The minimum absolute atomic E-state index is 0.117. The topological polar surface area (TPSA) is 86.6 Å². The first-order chi connectivity index (χ1) is 16.0. The van der Waals surface area contributed by atoms with Crippen molar-refractivity contribution in [1.29, 1.82) is 0 Å². The fourth-order valence-corrected chi connectivity index (χ4v) is 4.02. The van der Waals surface area contributed by atoms with E-state index in [1.165, 1.54) is 7.11 Å². The predicted octanol–water partition coefficient (Wildman–Crippen LogP) is 3.69. The molecule has 0 saturated carbocycles. The van der Waals surface area contributed by atoms with Gasteiger partial charge in [-0.15, -0.1) is 0 Å². The van der Waals surface area contributed by atoms with E-state index in [1.807, 2.05) is 36.4 Å². The van der Waals surface area contributed by atoms with Gasteiger partial charge in [-0.05, 0) is 35.4 Å². The summed E-state index contributed by atoms with van der Waals surface area (Å²) < 4.78 is 28.0. The molecule has 2 N–H and O–H groups in total. The molecule has 1 aliphatic heterocycles. The van der Waals surface area contributed by atoms with E-state index in [0.29, 0.717) is 40.9 Å². The quantitative estimate of drug-likeness (QED) is 0.539. The molecule has 4 rings (SSSR count). The Labute approximate surface area is 193 Å². The van der Waals surface area contributed by atoms with Gasteiger partial charge in [0.25, 0.3) is 0 Å². The van der Waals surface area contributed by atoms with Gasteiger partial charge >= 0.3 is 0 Å². The molecule has 0 radical (unpaired) electrons. The second-order valence-corrected chi connectivity index (χ2v) is 7.95. The maximum absolute atomic E-state index is 11.3. The average Bonchev–Trinajstić information content (AvgIpc) is 2.85. The molecule has 33 heavy (non-hydrogen) atoms. The smallest absolute Gasteiger partial charge is 0.203 e. The zero-order chi connectivity index (χ0) is 23.4. The number of methoxy groups -OCH3 is 3. The van der Waals surface area contributed by atoms with Gasteiger partial charge in [0.15, 0.2) is 23.0 Å². The highest BCUT2D eigenvalue weighted by atomic mass is 16.5. The van der Waals surface area contributed by atoms with E-state index in [1.54, 1.807) is 38.5 Å². The first-order valence-corrected chi connectivity index (χ1v) is 10.6. The first kappa shape index (κ1) is 22.8. The number of ether oxygens (including phenoxy) is 5. The van der Waals surface area contributed by atoms with Crippen molar-refractivity contribution in [1.82, 2.24) is 0 Å². The van der Waals surface area contributed by atoms with Crippen LogP contribution in [0.4, 0.5) is 0 Å². The van der Waals surface area contributed by atoms with E-state index in [0.717, 1.165) is 11.1 Å². The van der Waals surface area contributed by atoms with Crippen molar-refractivity contribution in [2.24, 2.45) is 0 Å². The minimum atomic E-state index is -1.54. The van der Waals surface area contributed by atoms with Crippen LogP contribution in [0.15, 0.2) is 60.7 Å². The van der Waals surface area contributed by atoms with Gasteiger partial charge in [-0.3, -0.25) is 0 Å². The van der Waals surface area contributed by atoms with Crippen LogP contribution in [0, 0.1) is 0 Å². The Morgan fingerprint density at radius 1 is 0.879 bits per heavy atom. The first-order valence-electron chi connectivity index (χ1n) is 10.6. The van der Waals surface area contributed by atoms with Crippen molar-refractivity contribution >= 4 is 0 Å². The third kappa shape index (κ3) is 4.55. The van der Waals surface area contributed by atoms with Gasteiger partial charge in [0.1, 0.15) is 24.9 Å². The zero-order valence-corrected chi connectivity index (χ0v) is 18.9. The number of fused-ring (bicyclic) bond motifs is 1. The number of aliphatic hydroxyl groups is 2. The number of rotatable bonds is 8. The van der Waals surface area contributed by atoms with Crippen molar-refractivity contribution in [3.05, 3.63) is 77.4 Å². The van der Waals surface area contributed by atoms with Crippen molar-refractivity contribution in [3.8, 4) is 28.7 Å². The molecular formula is C26H28O7. The summed E-state index contributed by atoms with van der Waals surface area (Å²) in [7, 11) is 4.63. The Balaban J connectivity index is 1.57. The molecule has 0 aromatic heterocycles. The third-order valence-corrected chi connectivity index (χ3v) is 5.78. The summed E-state index contributed by atoms with van der Waals surface area (Å²) in [6.45, 7) is 0.246. The van der Waals surface area contributed by atoms with E-state index in [-0.39, 0.29) is 13.0 Å².